The highest BCUT2D eigenvalue weighted by Crippen LogP contribution is 1.97. The number of carbonyl (C=O) groups excluding carboxylic acids is 1. The van der Waals surface area contributed by atoms with Crippen LogP contribution in [-0.2, 0) is 11.2 Å². The molecule has 0 unspecified atom stereocenters. The number of halogens is 1. The zero-order valence-corrected chi connectivity index (χ0v) is 8.34. The first-order chi connectivity index (χ1) is 5.72. The molecule has 0 fully saturated rings. The van der Waals surface area contributed by atoms with Gasteiger partial charge in [0.05, 0.1) is 23.1 Å². The first-order valence-corrected chi connectivity index (χ1v) is 4.69. The Hall–Kier alpha value is -0.770. The summed E-state index contributed by atoms with van der Waals surface area (Å²) in [5, 5.41) is 0.378. The summed E-state index contributed by atoms with van der Waals surface area (Å²) < 4.78 is 0. The molecule has 0 aliphatic rings. The van der Waals surface area contributed by atoms with Crippen LogP contribution in [0.3, 0.4) is 0 Å². The summed E-state index contributed by atoms with van der Waals surface area (Å²) in [7, 11) is 0. The van der Waals surface area contributed by atoms with Gasteiger partial charge in [0.1, 0.15) is 5.78 Å². The number of carbonyl (C=O) groups is 1. The molecule has 3 nitrogen and oxygen atoms in total. The van der Waals surface area contributed by atoms with Crippen LogP contribution in [0.25, 0.3) is 0 Å². The molecule has 0 aliphatic heterocycles. The van der Waals surface area contributed by atoms with E-state index in [1.165, 1.54) is 0 Å². The standard InChI is InChI=1S/C8H9BrN2O/c1-6-4-11-7(5-10-6)2-8(12)3-9/h4-5H,2-3H2,1H3. The molecule has 0 bridgehead atoms. The van der Waals surface area contributed by atoms with E-state index in [4.69, 9.17) is 0 Å². The number of alkyl halides is 1. The summed E-state index contributed by atoms with van der Waals surface area (Å²) in [6.45, 7) is 1.86. The van der Waals surface area contributed by atoms with Crippen molar-refractivity contribution in [2.24, 2.45) is 0 Å². The van der Waals surface area contributed by atoms with Gasteiger partial charge in [-0.05, 0) is 6.92 Å². The summed E-state index contributed by atoms with van der Waals surface area (Å²) in [4.78, 5) is 19.0. The number of hydrogen-bond donors (Lipinski definition) is 0. The second-order valence-corrected chi connectivity index (χ2v) is 3.06. The highest BCUT2D eigenvalue weighted by molar-refractivity contribution is 9.09. The van der Waals surface area contributed by atoms with Crippen LogP contribution in [0.15, 0.2) is 12.4 Å². The van der Waals surface area contributed by atoms with Crippen molar-refractivity contribution in [3.05, 3.63) is 23.8 Å². The molecule has 0 saturated carbocycles. The predicted molar refractivity (Wildman–Crippen MR) is 49.3 cm³/mol. The number of nitrogens with zero attached hydrogens (tertiary/aromatic N) is 2. The van der Waals surface area contributed by atoms with Gasteiger partial charge in [0.2, 0.25) is 0 Å². The first kappa shape index (κ1) is 9.32. The van der Waals surface area contributed by atoms with Crippen LogP contribution in [0, 0.1) is 6.92 Å². The van der Waals surface area contributed by atoms with Gasteiger partial charge < -0.3 is 0 Å². The van der Waals surface area contributed by atoms with Gasteiger partial charge in [0, 0.05) is 12.4 Å². The Kier molecular flexibility index (Phi) is 3.34. The molecule has 12 heavy (non-hydrogen) atoms. The van der Waals surface area contributed by atoms with E-state index < -0.39 is 0 Å². The van der Waals surface area contributed by atoms with Crippen LogP contribution in [-0.4, -0.2) is 21.1 Å². The molecule has 0 saturated heterocycles. The van der Waals surface area contributed by atoms with Crippen LogP contribution >= 0.6 is 15.9 Å². The van der Waals surface area contributed by atoms with E-state index in [0.717, 1.165) is 11.4 Å². The molecule has 0 aliphatic carbocycles. The van der Waals surface area contributed by atoms with Crippen molar-refractivity contribution in [3.63, 3.8) is 0 Å². The molecule has 0 N–H and O–H groups in total. The van der Waals surface area contributed by atoms with E-state index in [-0.39, 0.29) is 5.78 Å². The number of aromatic nitrogens is 2. The van der Waals surface area contributed by atoms with E-state index in [9.17, 15) is 4.79 Å². The van der Waals surface area contributed by atoms with E-state index in [1.54, 1.807) is 12.4 Å². The maximum Gasteiger partial charge on any atom is 0.149 e. The quantitative estimate of drug-likeness (QED) is 0.733. The number of Topliss-reactive ketones (excluding diaryl/α,β-unsaturated/α-hetero) is 1. The summed E-state index contributed by atoms with van der Waals surface area (Å²) in [5.74, 6) is 0.119. The molecule has 1 aromatic rings. The van der Waals surface area contributed by atoms with Crippen LogP contribution in [0.5, 0.6) is 0 Å². The Balaban J connectivity index is 2.64. The van der Waals surface area contributed by atoms with Crippen LogP contribution < -0.4 is 0 Å². The molecular formula is C8H9BrN2O. The average Bonchev–Trinajstić information content (AvgIpc) is 2.09. The lowest BCUT2D eigenvalue weighted by molar-refractivity contribution is -0.115. The van der Waals surface area contributed by atoms with Crippen molar-refractivity contribution in [1.29, 1.82) is 0 Å². The Morgan fingerprint density at radius 1 is 1.50 bits per heavy atom. The molecular weight excluding hydrogens is 220 g/mol. The zero-order valence-electron chi connectivity index (χ0n) is 6.75. The van der Waals surface area contributed by atoms with Gasteiger partial charge in [0.25, 0.3) is 0 Å². The minimum Gasteiger partial charge on any atom is -0.298 e. The topological polar surface area (TPSA) is 42.9 Å². The first-order valence-electron chi connectivity index (χ1n) is 3.57. The van der Waals surface area contributed by atoms with Gasteiger partial charge in [0.15, 0.2) is 0 Å². The summed E-state index contributed by atoms with van der Waals surface area (Å²) in [6, 6.07) is 0. The van der Waals surface area contributed by atoms with Gasteiger partial charge in [-0.2, -0.15) is 0 Å². The minimum atomic E-state index is 0.119. The third-order valence-electron chi connectivity index (χ3n) is 1.36. The Bertz CT molecular complexity index is 271. The molecule has 0 aromatic carbocycles. The van der Waals surface area contributed by atoms with Crippen molar-refractivity contribution >= 4 is 21.7 Å². The van der Waals surface area contributed by atoms with Crippen LogP contribution in [0.4, 0.5) is 0 Å². The molecule has 1 heterocycles. The van der Waals surface area contributed by atoms with E-state index in [0.29, 0.717) is 11.8 Å². The third-order valence-corrected chi connectivity index (χ3v) is 1.99. The van der Waals surface area contributed by atoms with Gasteiger partial charge in [-0.15, -0.1) is 0 Å². The lowest BCUT2D eigenvalue weighted by atomic mass is 10.2. The molecule has 1 rings (SSSR count). The third kappa shape index (κ3) is 2.70. The summed E-state index contributed by atoms with van der Waals surface area (Å²) in [5.41, 5.74) is 1.59. The highest BCUT2D eigenvalue weighted by Gasteiger charge is 2.02. The molecule has 1 aromatic heterocycles. The second-order valence-electron chi connectivity index (χ2n) is 2.50. The summed E-state index contributed by atoms with van der Waals surface area (Å²) in [6.07, 6.45) is 3.66. The van der Waals surface area contributed by atoms with Gasteiger partial charge in [-0.25, -0.2) is 0 Å². The van der Waals surface area contributed by atoms with Gasteiger partial charge >= 0.3 is 0 Å². The number of hydrogen-bond acceptors (Lipinski definition) is 3. The molecule has 0 amide bonds. The fraction of sp³-hybridized carbons (Fsp3) is 0.375. The van der Waals surface area contributed by atoms with Crippen molar-refractivity contribution in [3.8, 4) is 0 Å². The van der Waals surface area contributed by atoms with Crippen LogP contribution in [0.1, 0.15) is 11.4 Å². The van der Waals surface area contributed by atoms with Crippen molar-refractivity contribution in [1.82, 2.24) is 9.97 Å². The monoisotopic (exact) mass is 228 g/mol. The van der Waals surface area contributed by atoms with Crippen molar-refractivity contribution < 1.29 is 4.79 Å². The SMILES string of the molecule is Cc1cnc(CC(=O)CBr)cn1. The molecule has 0 radical (unpaired) electrons. The Morgan fingerprint density at radius 2 is 2.25 bits per heavy atom. The maximum absolute atomic E-state index is 11.0. The Labute approximate surface area is 79.4 Å². The second kappa shape index (κ2) is 4.30. The van der Waals surface area contributed by atoms with E-state index in [1.807, 2.05) is 6.92 Å². The zero-order chi connectivity index (χ0) is 8.97. The van der Waals surface area contributed by atoms with Gasteiger partial charge in [-0.3, -0.25) is 14.8 Å². The fourth-order valence-corrected chi connectivity index (χ4v) is 0.958. The maximum atomic E-state index is 11.0. The molecule has 0 spiro atoms. The van der Waals surface area contributed by atoms with Crippen molar-refractivity contribution in [2.45, 2.75) is 13.3 Å². The normalized spacial score (nSPS) is 9.83. The highest BCUT2D eigenvalue weighted by atomic mass is 79.9. The molecule has 0 atom stereocenters. The lowest BCUT2D eigenvalue weighted by Gasteiger charge is -1.96. The number of aryl methyl sites for hydroxylation is 1. The number of rotatable bonds is 3. The number of ketones is 1. The fourth-order valence-electron chi connectivity index (χ4n) is 0.760. The predicted octanol–water partition coefficient (Wildman–Crippen LogP) is 1.29. The Morgan fingerprint density at radius 3 is 2.75 bits per heavy atom. The van der Waals surface area contributed by atoms with E-state index >= 15 is 0 Å². The largest absolute Gasteiger partial charge is 0.298 e. The van der Waals surface area contributed by atoms with Crippen LogP contribution in [0.2, 0.25) is 0 Å². The smallest absolute Gasteiger partial charge is 0.149 e. The molecule has 4 heteroatoms. The lowest BCUT2D eigenvalue weighted by Crippen LogP contribution is -2.05. The average molecular weight is 229 g/mol. The molecule has 64 valence electrons. The minimum absolute atomic E-state index is 0.119. The van der Waals surface area contributed by atoms with E-state index in [2.05, 4.69) is 25.9 Å². The summed E-state index contributed by atoms with van der Waals surface area (Å²) >= 11 is 3.09. The van der Waals surface area contributed by atoms with Crippen molar-refractivity contribution in [2.75, 3.05) is 5.33 Å². The van der Waals surface area contributed by atoms with Gasteiger partial charge in [-0.1, -0.05) is 15.9 Å².